The van der Waals surface area contributed by atoms with Gasteiger partial charge in [0.1, 0.15) is 12.5 Å². The van der Waals surface area contributed by atoms with Crippen molar-refractivity contribution in [3.05, 3.63) is 0 Å². The van der Waals surface area contributed by atoms with Crippen LogP contribution >= 0.6 is 0 Å². The van der Waals surface area contributed by atoms with Crippen LogP contribution in [0.2, 0.25) is 0 Å². The number of hydrogen-bond donors (Lipinski definition) is 1. The summed E-state index contributed by atoms with van der Waals surface area (Å²) < 4.78 is 0. The summed E-state index contributed by atoms with van der Waals surface area (Å²) in [6, 6.07) is -0.567. The van der Waals surface area contributed by atoms with E-state index >= 15 is 0 Å². The lowest BCUT2D eigenvalue weighted by molar-refractivity contribution is -0.142. The third kappa shape index (κ3) is 7.75. The Balaban J connectivity index is 2.79. The molecule has 0 spiro atoms. The molecule has 3 N–H and O–H groups in total. The zero-order valence-corrected chi connectivity index (χ0v) is 16.8. The number of carbonyl (C=O) groups is 3. The van der Waals surface area contributed by atoms with Gasteiger partial charge in [-0.05, 0) is 31.1 Å². The molecule has 1 aliphatic heterocycles. The van der Waals surface area contributed by atoms with Crippen molar-refractivity contribution >= 4 is 17.8 Å². The summed E-state index contributed by atoms with van der Waals surface area (Å²) in [5.41, 5.74) is 0. The van der Waals surface area contributed by atoms with E-state index in [0.29, 0.717) is 12.3 Å². The molecule has 0 bridgehead atoms. The predicted molar refractivity (Wildman–Crippen MR) is 103 cm³/mol. The quantitative estimate of drug-likeness (QED) is 0.632. The topological polar surface area (TPSA) is 89.4 Å². The molecule has 150 valence electrons. The molecule has 2 unspecified atom stereocenters. The van der Waals surface area contributed by atoms with Gasteiger partial charge >= 0.3 is 5.97 Å². The zero-order valence-electron chi connectivity index (χ0n) is 16.8. The van der Waals surface area contributed by atoms with Crippen LogP contribution in [0, 0.1) is 17.8 Å². The van der Waals surface area contributed by atoms with Crippen LogP contribution in [0.5, 0.6) is 0 Å². The summed E-state index contributed by atoms with van der Waals surface area (Å²) in [7, 11) is 0. The second kappa shape index (κ2) is 11.2. The van der Waals surface area contributed by atoms with Crippen LogP contribution in [0.15, 0.2) is 0 Å². The second-order valence-corrected chi connectivity index (χ2v) is 8.27. The molecule has 6 heteroatoms. The molecule has 0 aromatic heterocycles. The van der Waals surface area contributed by atoms with Crippen molar-refractivity contribution in [1.82, 2.24) is 10.2 Å². The molecule has 1 aliphatic rings. The van der Waals surface area contributed by atoms with Gasteiger partial charge in [0.25, 0.3) is 0 Å². The van der Waals surface area contributed by atoms with Gasteiger partial charge < -0.3 is 15.3 Å². The number of amides is 2. The molecule has 0 aromatic rings. The Bertz CT molecular complexity index is 468. The van der Waals surface area contributed by atoms with Crippen molar-refractivity contribution in [1.29, 1.82) is 0 Å². The molecule has 0 saturated carbocycles. The van der Waals surface area contributed by atoms with Gasteiger partial charge in [-0.15, -0.1) is 0 Å². The lowest BCUT2D eigenvalue weighted by Gasteiger charge is -2.30. The lowest BCUT2D eigenvalue weighted by atomic mass is 9.93. The van der Waals surface area contributed by atoms with Gasteiger partial charge in [-0.3, -0.25) is 9.59 Å². The summed E-state index contributed by atoms with van der Waals surface area (Å²) >= 11 is 0. The highest BCUT2D eigenvalue weighted by atomic mass is 16.4. The second-order valence-electron chi connectivity index (χ2n) is 8.27. The van der Waals surface area contributed by atoms with Crippen molar-refractivity contribution in [2.24, 2.45) is 17.8 Å². The van der Waals surface area contributed by atoms with Crippen molar-refractivity contribution in [3.63, 3.8) is 0 Å². The molecule has 0 aromatic carbocycles. The minimum Gasteiger partial charge on any atom is -0.565 e. The normalized spacial score (nSPS) is 17.7. The fraction of sp³-hybridized carbons (Fsp3) is 0.850. The molecule has 1 heterocycles. The molecule has 2 atom stereocenters. The van der Waals surface area contributed by atoms with Crippen LogP contribution in [0.3, 0.4) is 0 Å². The SMILES string of the molecule is CC(C)CCC(CC(=O)[OH2+])C(=O)NC(C(=O)N1CCCCCC1)C(C)C. The third-order valence-electron chi connectivity index (χ3n) is 5.04. The van der Waals surface area contributed by atoms with Crippen LogP contribution in [0.25, 0.3) is 0 Å². The number of rotatable bonds is 9. The van der Waals surface area contributed by atoms with Gasteiger partial charge in [-0.25, -0.2) is 0 Å². The van der Waals surface area contributed by atoms with Gasteiger partial charge in [0.2, 0.25) is 11.8 Å². The van der Waals surface area contributed by atoms with Gasteiger partial charge in [-0.2, -0.15) is 0 Å². The highest BCUT2D eigenvalue weighted by Gasteiger charge is 2.32. The Morgan fingerprint density at radius 1 is 0.962 bits per heavy atom. The number of nitrogens with one attached hydrogen (secondary N) is 1. The average Bonchev–Trinajstić information content (AvgIpc) is 2.84. The Morgan fingerprint density at radius 3 is 2.00 bits per heavy atom. The van der Waals surface area contributed by atoms with Crippen molar-refractivity contribution in [2.45, 2.75) is 78.7 Å². The Labute approximate surface area is 157 Å². The average molecular weight is 370 g/mol. The van der Waals surface area contributed by atoms with E-state index in [0.717, 1.165) is 45.2 Å². The monoisotopic (exact) mass is 369 g/mol. The first kappa shape index (κ1) is 22.5. The van der Waals surface area contributed by atoms with Crippen molar-refractivity contribution in [3.8, 4) is 0 Å². The van der Waals surface area contributed by atoms with Crippen LogP contribution < -0.4 is 5.32 Å². The minimum atomic E-state index is -0.728. The van der Waals surface area contributed by atoms with Gasteiger partial charge in [0, 0.05) is 17.9 Å². The molecule has 1 rings (SSSR count). The highest BCUT2D eigenvalue weighted by Crippen LogP contribution is 2.18. The minimum absolute atomic E-state index is 0.0185. The highest BCUT2D eigenvalue weighted by molar-refractivity contribution is 5.90. The summed E-state index contributed by atoms with van der Waals surface area (Å²) in [5, 5.41) is 10.1. The van der Waals surface area contributed by atoms with E-state index in [1.165, 1.54) is 0 Å². The maximum atomic E-state index is 12.9. The fourth-order valence-electron chi connectivity index (χ4n) is 3.36. The molecule has 1 fully saturated rings. The summed E-state index contributed by atoms with van der Waals surface area (Å²) in [6.07, 6.45) is 5.61. The van der Waals surface area contributed by atoms with E-state index in [2.05, 4.69) is 19.2 Å². The van der Waals surface area contributed by atoms with Crippen LogP contribution in [0.1, 0.15) is 72.6 Å². The zero-order chi connectivity index (χ0) is 19.7. The largest absolute Gasteiger partial charge is 0.565 e. The molecule has 0 aliphatic carbocycles. The van der Waals surface area contributed by atoms with E-state index in [9.17, 15) is 14.4 Å². The number of carbonyl (C=O) groups excluding carboxylic acids is 3. The predicted octanol–water partition coefficient (Wildman–Crippen LogP) is 2.22. The van der Waals surface area contributed by atoms with E-state index in [1.54, 1.807) is 0 Å². The summed E-state index contributed by atoms with van der Waals surface area (Å²) in [4.78, 5) is 38.8. The third-order valence-corrected chi connectivity index (χ3v) is 5.04. The van der Waals surface area contributed by atoms with E-state index < -0.39 is 17.9 Å². The van der Waals surface area contributed by atoms with Gasteiger partial charge in [0.15, 0.2) is 0 Å². The van der Waals surface area contributed by atoms with Gasteiger partial charge in [0.05, 0.1) is 5.92 Å². The molecule has 0 radical (unpaired) electrons. The van der Waals surface area contributed by atoms with Crippen LogP contribution in [-0.2, 0) is 14.4 Å². The Kier molecular flexibility index (Phi) is 9.66. The molecular weight excluding hydrogens is 332 g/mol. The van der Waals surface area contributed by atoms with E-state index in [4.69, 9.17) is 5.11 Å². The first-order valence-electron chi connectivity index (χ1n) is 10.1. The number of nitrogens with zero attached hydrogens (tertiary/aromatic N) is 1. The first-order valence-corrected chi connectivity index (χ1v) is 10.1. The Morgan fingerprint density at radius 2 is 1.54 bits per heavy atom. The Hall–Kier alpha value is -1.59. The van der Waals surface area contributed by atoms with Crippen LogP contribution in [-0.4, -0.2) is 46.9 Å². The molecule has 1 saturated heterocycles. The summed E-state index contributed by atoms with van der Waals surface area (Å²) in [6.45, 7) is 9.49. The van der Waals surface area contributed by atoms with E-state index in [1.807, 2.05) is 18.7 Å². The summed E-state index contributed by atoms with van der Waals surface area (Å²) in [5.74, 6) is -1.14. The smallest absolute Gasteiger partial charge is 0.516 e. The number of likely N-dealkylation sites (tertiary alicyclic amines) is 1. The van der Waals surface area contributed by atoms with Gasteiger partial charge in [-0.1, -0.05) is 47.0 Å². The molecule has 2 amide bonds. The standard InChI is InChI=1S/C20H36N2O4/c1-14(2)9-10-16(13-17(23)24)19(25)21-18(15(3)4)20(26)22-11-7-5-6-8-12-22/h14-16,18H,5-13H2,1-4H3,(H,21,25)(H,23,24)/p+1. The van der Waals surface area contributed by atoms with Crippen LogP contribution in [0.4, 0.5) is 0 Å². The maximum absolute atomic E-state index is 12.9. The molecule has 26 heavy (non-hydrogen) atoms. The lowest BCUT2D eigenvalue weighted by Crippen LogP contribution is -2.52. The fourth-order valence-corrected chi connectivity index (χ4v) is 3.36. The maximum Gasteiger partial charge on any atom is 0.516 e. The number of hydrogen-bond acceptors (Lipinski definition) is 3. The van der Waals surface area contributed by atoms with Crippen molar-refractivity contribution in [2.75, 3.05) is 13.1 Å². The van der Waals surface area contributed by atoms with E-state index in [-0.39, 0.29) is 24.2 Å². The van der Waals surface area contributed by atoms with Crippen molar-refractivity contribution < 1.29 is 19.5 Å². The first-order chi connectivity index (χ1) is 12.2. The molecule has 6 nitrogen and oxygen atoms in total. The molecular formula is C20H37N2O4+.